The van der Waals surface area contributed by atoms with Crippen molar-refractivity contribution in [3.05, 3.63) is 91.8 Å². The lowest BCUT2D eigenvalue weighted by Gasteiger charge is -2.14. The number of nitrogens with one attached hydrogen (secondary N) is 1. The van der Waals surface area contributed by atoms with Crippen LogP contribution in [-0.4, -0.2) is 39.5 Å². The molecule has 3 aromatic rings. The molecule has 0 radical (unpaired) electrons. The molecule has 1 amide bonds. The minimum atomic E-state index is -4.59. The third-order valence-electron chi connectivity index (χ3n) is 5.63. The molecule has 1 atom stereocenters. The average molecular weight is 488 g/mol. The monoisotopic (exact) mass is 488 g/mol. The SMILES string of the molecule is Cc1cccc(-n2nc(C(=O)NC[C@@H]3CCCO3)c(=O)n(Cc3cccc(C(F)(F)F)c3)c2=O)c1. The summed E-state index contributed by atoms with van der Waals surface area (Å²) in [5.74, 6) is -0.801. The average Bonchev–Trinajstić information content (AvgIpc) is 3.34. The predicted octanol–water partition coefficient (Wildman–Crippen LogP) is 2.68. The van der Waals surface area contributed by atoms with Gasteiger partial charge in [-0.1, -0.05) is 24.3 Å². The minimum absolute atomic E-state index is 0.0757. The van der Waals surface area contributed by atoms with Gasteiger partial charge in [-0.05, 0) is 55.2 Å². The van der Waals surface area contributed by atoms with Crippen molar-refractivity contribution in [2.45, 2.75) is 38.6 Å². The van der Waals surface area contributed by atoms with Gasteiger partial charge in [0.15, 0.2) is 0 Å². The summed E-state index contributed by atoms with van der Waals surface area (Å²) in [7, 11) is 0. The Morgan fingerprint density at radius 3 is 2.63 bits per heavy atom. The Hall–Kier alpha value is -3.73. The molecule has 0 bridgehead atoms. The molecule has 8 nitrogen and oxygen atoms in total. The first-order valence-corrected chi connectivity index (χ1v) is 11.0. The summed E-state index contributed by atoms with van der Waals surface area (Å²) in [6, 6.07) is 11.0. The fraction of sp³-hybridized carbons (Fsp3) is 0.333. The maximum absolute atomic E-state index is 13.2. The molecule has 1 N–H and O–H groups in total. The van der Waals surface area contributed by atoms with Gasteiger partial charge >= 0.3 is 11.9 Å². The van der Waals surface area contributed by atoms with E-state index in [1.54, 1.807) is 31.2 Å². The van der Waals surface area contributed by atoms with E-state index in [0.717, 1.165) is 35.2 Å². The molecule has 11 heteroatoms. The van der Waals surface area contributed by atoms with Crippen LogP contribution < -0.4 is 16.6 Å². The molecule has 1 aliphatic heterocycles. The van der Waals surface area contributed by atoms with Gasteiger partial charge in [-0.25, -0.2) is 4.79 Å². The Bertz CT molecular complexity index is 1360. The van der Waals surface area contributed by atoms with E-state index >= 15 is 0 Å². The lowest BCUT2D eigenvalue weighted by molar-refractivity contribution is -0.137. The van der Waals surface area contributed by atoms with E-state index in [9.17, 15) is 27.6 Å². The Balaban J connectivity index is 1.78. The van der Waals surface area contributed by atoms with Crippen molar-refractivity contribution >= 4 is 5.91 Å². The summed E-state index contributed by atoms with van der Waals surface area (Å²) in [5.41, 5.74) is -2.15. The van der Waals surface area contributed by atoms with Crippen LogP contribution in [0.3, 0.4) is 0 Å². The Morgan fingerprint density at radius 2 is 1.94 bits per heavy atom. The van der Waals surface area contributed by atoms with Crippen LogP contribution in [0, 0.1) is 6.92 Å². The molecule has 1 aromatic heterocycles. The summed E-state index contributed by atoms with van der Waals surface area (Å²) in [6.07, 6.45) is -3.15. The van der Waals surface area contributed by atoms with Gasteiger partial charge in [-0.3, -0.25) is 14.2 Å². The second kappa shape index (κ2) is 9.87. The van der Waals surface area contributed by atoms with Crippen LogP contribution >= 0.6 is 0 Å². The number of alkyl halides is 3. The lowest BCUT2D eigenvalue weighted by Crippen LogP contribution is -2.46. The molecular weight excluding hydrogens is 465 g/mol. The molecule has 1 saturated heterocycles. The van der Waals surface area contributed by atoms with Crippen LogP contribution in [0.25, 0.3) is 5.69 Å². The highest BCUT2D eigenvalue weighted by molar-refractivity contribution is 5.91. The van der Waals surface area contributed by atoms with Gasteiger partial charge in [-0.2, -0.15) is 23.0 Å². The second-order valence-corrected chi connectivity index (χ2v) is 8.32. The molecule has 4 rings (SSSR count). The molecule has 1 fully saturated rings. The van der Waals surface area contributed by atoms with Crippen molar-refractivity contribution < 1.29 is 22.7 Å². The number of rotatable bonds is 6. The number of benzene rings is 2. The summed E-state index contributed by atoms with van der Waals surface area (Å²) in [5, 5.41) is 6.63. The van der Waals surface area contributed by atoms with Crippen LogP contribution in [0.15, 0.2) is 58.1 Å². The quantitative estimate of drug-likeness (QED) is 0.576. The van der Waals surface area contributed by atoms with Crippen molar-refractivity contribution in [2.75, 3.05) is 13.2 Å². The zero-order valence-electron chi connectivity index (χ0n) is 18.8. The molecule has 2 heterocycles. The Labute approximate surface area is 198 Å². The van der Waals surface area contributed by atoms with E-state index in [0.29, 0.717) is 16.9 Å². The first-order valence-electron chi connectivity index (χ1n) is 11.0. The predicted molar refractivity (Wildman–Crippen MR) is 121 cm³/mol. The maximum atomic E-state index is 13.2. The number of hydrogen-bond acceptors (Lipinski definition) is 5. The normalized spacial score (nSPS) is 15.8. The van der Waals surface area contributed by atoms with Gasteiger partial charge in [-0.15, -0.1) is 0 Å². The first-order chi connectivity index (χ1) is 16.6. The minimum Gasteiger partial charge on any atom is -0.376 e. The van der Waals surface area contributed by atoms with E-state index in [1.807, 2.05) is 0 Å². The van der Waals surface area contributed by atoms with Gasteiger partial charge in [0.2, 0.25) is 5.69 Å². The van der Waals surface area contributed by atoms with Crippen LogP contribution in [0.5, 0.6) is 0 Å². The fourth-order valence-corrected chi connectivity index (χ4v) is 3.85. The molecule has 1 aliphatic rings. The van der Waals surface area contributed by atoms with Gasteiger partial charge in [0.1, 0.15) is 0 Å². The highest BCUT2D eigenvalue weighted by Gasteiger charge is 2.30. The molecule has 0 spiro atoms. The van der Waals surface area contributed by atoms with Crippen LogP contribution in [0.2, 0.25) is 0 Å². The maximum Gasteiger partial charge on any atom is 0.416 e. The lowest BCUT2D eigenvalue weighted by atomic mass is 10.1. The Kier molecular flexibility index (Phi) is 6.88. The third kappa shape index (κ3) is 5.51. The van der Waals surface area contributed by atoms with Crippen molar-refractivity contribution in [1.82, 2.24) is 19.7 Å². The number of amides is 1. The number of ether oxygens (including phenoxy) is 1. The number of hydrogen-bond donors (Lipinski definition) is 1. The van der Waals surface area contributed by atoms with E-state index in [1.165, 1.54) is 12.1 Å². The number of nitrogens with zero attached hydrogens (tertiary/aromatic N) is 3. The first kappa shape index (κ1) is 24.4. The molecule has 2 aromatic carbocycles. The van der Waals surface area contributed by atoms with Gasteiger partial charge in [0, 0.05) is 13.2 Å². The van der Waals surface area contributed by atoms with Crippen molar-refractivity contribution in [2.24, 2.45) is 0 Å². The summed E-state index contributed by atoms with van der Waals surface area (Å²) < 4.78 is 46.6. The smallest absolute Gasteiger partial charge is 0.376 e. The number of aryl methyl sites for hydroxylation is 1. The molecule has 35 heavy (non-hydrogen) atoms. The second-order valence-electron chi connectivity index (χ2n) is 8.32. The number of carbonyl (C=O) groups is 1. The molecule has 184 valence electrons. The highest BCUT2D eigenvalue weighted by Crippen LogP contribution is 2.29. The zero-order chi connectivity index (χ0) is 25.2. The summed E-state index contributed by atoms with van der Waals surface area (Å²) >= 11 is 0. The standard InChI is InChI=1S/C24H23F3N4O4/c1-15-5-2-8-18(11-15)31-23(34)30(14-16-6-3-7-17(12-16)24(25,26)27)22(33)20(29-31)21(32)28-13-19-9-4-10-35-19/h2-3,5-8,11-12,19H,4,9-10,13-14H2,1H3,(H,28,32)/t19-/m0/s1. The number of aromatic nitrogens is 3. The van der Waals surface area contributed by atoms with Crippen molar-refractivity contribution in [3.8, 4) is 5.69 Å². The van der Waals surface area contributed by atoms with E-state index < -0.39 is 41.1 Å². The van der Waals surface area contributed by atoms with E-state index in [2.05, 4.69) is 10.4 Å². The number of carbonyl (C=O) groups excluding carboxylic acids is 1. The topological polar surface area (TPSA) is 95.2 Å². The summed E-state index contributed by atoms with van der Waals surface area (Å²) in [4.78, 5) is 39.2. The molecule has 0 unspecified atom stereocenters. The summed E-state index contributed by atoms with van der Waals surface area (Å²) in [6.45, 7) is 2.07. The fourth-order valence-electron chi connectivity index (χ4n) is 3.85. The van der Waals surface area contributed by atoms with E-state index in [-0.39, 0.29) is 18.2 Å². The zero-order valence-corrected chi connectivity index (χ0v) is 18.8. The van der Waals surface area contributed by atoms with Gasteiger partial charge in [0.25, 0.3) is 11.5 Å². The van der Waals surface area contributed by atoms with Crippen LogP contribution in [0.1, 0.15) is 40.0 Å². The highest BCUT2D eigenvalue weighted by atomic mass is 19.4. The van der Waals surface area contributed by atoms with E-state index in [4.69, 9.17) is 4.74 Å². The molecular formula is C24H23F3N4O4. The van der Waals surface area contributed by atoms with Crippen molar-refractivity contribution in [1.29, 1.82) is 0 Å². The number of halogens is 3. The molecule has 0 saturated carbocycles. The van der Waals surface area contributed by atoms with Crippen LogP contribution in [-0.2, 0) is 17.5 Å². The largest absolute Gasteiger partial charge is 0.416 e. The van der Waals surface area contributed by atoms with Gasteiger partial charge in [0.05, 0.1) is 23.9 Å². The van der Waals surface area contributed by atoms with Gasteiger partial charge < -0.3 is 10.1 Å². The Morgan fingerprint density at radius 1 is 1.17 bits per heavy atom. The van der Waals surface area contributed by atoms with Crippen molar-refractivity contribution in [3.63, 3.8) is 0 Å². The van der Waals surface area contributed by atoms with Crippen LogP contribution in [0.4, 0.5) is 13.2 Å². The molecule has 0 aliphatic carbocycles. The third-order valence-corrected chi connectivity index (χ3v) is 5.63.